The average molecular weight is 390 g/mol. The van der Waals surface area contributed by atoms with Crippen LogP contribution in [0, 0.1) is 20.8 Å². The first kappa shape index (κ1) is 20.8. The lowest BCUT2D eigenvalue weighted by atomic mass is 10.0. The maximum atomic E-state index is 12.4. The molecule has 0 aliphatic heterocycles. The molecule has 1 amide bonds. The number of halogens is 1. The summed E-state index contributed by atoms with van der Waals surface area (Å²) in [6.45, 7) is 8.93. The Morgan fingerprint density at radius 3 is 2.22 bits per heavy atom. The summed E-state index contributed by atoms with van der Waals surface area (Å²) in [6, 6.07) is 10.7. The van der Waals surface area contributed by atoms with Crippen LogP contribution in [0.5, 0.6) is 5.75 Å². The molecular formula is C21H24ClNO4. The van der Waals surface area contributed by atoms with Gasteiger partial charge in [-0.05, 0) is 63.9 Å². The minimum atomic E-state index is -0.956. The van der Waals surface area contributed by atoms with E-state index in [2.05, 4.69) is 5.32 Å². The van der Waals surface area contributed by atoms with Gasteiger partial charge in [-0.1, -0.05) is 35.4 Å². The molecule has 0 aliphatic rings. The molecule has 0 aromatic heterocycles. The van der Waals surface area contributed by atoms with Crippen LogP contribution in [0.25, 0.3) is 0 Å². The van der Waals surface area contributed by atoms with Gasteiger partial charge < -0.3 is 14.8 Å². The number of benzene rings is 2. The lowest BCUT2D eigenvalue weighted by molar-refractivity contribution is -0.159. The molecule has 0 radical (unpaired) electrons. The first-order valence-electron chi connectivity index (χ1n) is 8.69. The Kier molecular flexibility index (Phi) is 6.86. The Labute approximate surface area is 164 Å². The molecule has 0 saturated carbocycles. The van der Waals surface area contributed by atoms with Crippen molar-refractivity contribution in [1.82, 2.24) is 0 Å². The van der Waals surface area contributed by atoms with Gasteiger partial charge in [-0.25, -0.2) is 4.79 Å². The summed E-state index contributed by atoms with van der Waals surface area (Å²) < 4.78 is 10.8. The summed E-state index contributed by atoms with van der Waals surface area (Å²) in [4.78, 5) is 24.6. The molecule has 5 nitrogen and oxygen atoms in total. The number of amides is 1. The summed E-state index contributed by atoms with van der Waals surface area (Å²) in [5.74, 6) is -0.571. The summed E-state index contributed by atoms with van der Waals surface area (Å²) in [5, 5.41) is 3.34. The number of esters is 1. The molecule has 2 unspecified atom stereocenters. The SMILES string of the molecule is Cc1cc(C)c(NC(=O)C(C)OC(=O)C(C)Oc2cccc(Cl)c2)c(C)c1. The molecule has 6 heteroatoms. The Hall–Kier alpha value is -2.53. The highest BCUT2D eigenvalue weighted by molar-refractivity contribution is 6.30. The second-order valence-electron chi connectivity index (χ2n) is 6.56. The van der Waals surface area contributed by atoms with E-state index in [-0.39, 0.29) is 0 Å². The van der Waals surface area contributed by atoms with Crippen molar-refractivity contribution >= 4 is 29.2 Å². The van der Waals surface area contributed by atoms with Gasteiger partial charge >= 0.3 is 5.97 Å². The van der Waals surface area contributed by atoms with E-state index in [1.165, 1.54) is 6.92 Å². The number of carbonyl (C=O) groups excluding carboxylic acids is 2. The predicted octanol–water partition coefficient (Wildman–Crippen LogP) is 4.60. The lowest BCUT2D eigenvalue weighted by Crippen LogP contribution is -2.35. The summed E-state index contributed by atoms with van der Waals surface area (Å²) >= 11 is 5.90. The highest BCUT2D eigenvalue weighted by Gasteiger charge is 2.24. The molecule has 0 saturated heterocycles. The number of hydrogen-bond donors (Lipinski definition) is 1. The Morgan fingerprint density at radius 1 is 1.00 bits per heavy atom. The van der Waals surface area contributed by atoms with Gasteiger partial charge in [-0.3, -0.25) is 4.79 Å². The maximum absolute atomic E-state index is 12.4. The number of nitrogens with one attached hydrogen (secondary N) is 1. The third-order valence-electron chi connectivity index (χ3n) is 4.03. The van der Waals surface area contributed by atoms with E-state index in [0.29, 0.717) is 10.8 Å². The Balaban J connectivity index is 1.96. The molecule has 1 N–H and O–H groups in total. The zero-order valence-electron chi connectivity index (χ0n) is 16.1. The molecular weight excluding hydrogens is 366 g/mol. The van der Waals surface area contributed by atoms with Crippen LogP contribution in [-0.2, 0) is 14.3 Å². The standard InChI is InChI=1S/C21H24ClNO4/c1-12-9-13(2)19(14(3)10-12)23-20(24)15(4)27-21(25)16(5)26-18-8-6-7-17(22)11-18/h6-11,15-16H,1-5H3,(H,23,24). The fraction of sp³-hybridized carbons (Fsp3) is 0.333. The lowest BCUT2D eigenvalue weighted by Gasteiger charge is -2.19. The first-order valence-corrected chi connectivity index (χ1v) is 9.06. The smallest absolute Gasteiger partial charge is 0.347 e. The highest BCUT2D eigenvalue weighted by atomic mass is 35.5. The normalized spacial score (nSPS) is 12.8. The molecule has 144 valence electrons. The molecule has 2 aromatic rings. The molecule has 0 bridgehead atoms. The van der Waals surface area contributed by atoms with Crippen LogP contribution in [0.3, 0.4) is 0 Å². The van der Waals surface area contributed by atoms with Gasteiger partial charge in [0.25, 0.3) is 5.91 Å². The number of hydrogen-bond acceptors (Lipinski definition) is 4. The first-order chi connectivity index (χ1) is 12.7. The topological polar surface area (TPSA) is 64.6 Å². The van der Waals surface area contributed by atoms with E-state index in [9.17, 15) is 9.59 Å². The van der Waals surface area contributed by atoms with E-state index < -0.39 is 24.1 Å². The zero-order valence-corrected chi connectivity index (χ0v) is 16.9. The van der Waals surface area contributed by atoms with Gasteiger partial charge in [0, 0.05) is 10.7 Å². The van der Waals surface area contributed by atoms with Gasteiger partial charge in [-0.15, -0.1) is 0 Å². The Bertz CT molecular complexity index is 827. The minimum absolute atomic E-state index is 0.395. The van der Waals surface area contributed by atoms with Gasteiger partial charge in [0.05, 0.1) is 0 Å². The van der Waals surface area contributed by atoms with E-state index in [0.717, 1.165) is 22.4 Å². The summed E-state index contributed by atoms with van der Waals surface area (Å²) in [6.07, 6.45) is -1.83. The maximum Gasteiger partial charge on any atom is 0.347 e. The van der Waals surface area contributed by atoms with Crippen LogP contribution in [0.2, 0.25) is 5.02 Å². The predicted molar refractivity (Wildman–Crippen MR) is 106 cm³/mol. The van der Waals surface area contributed by atoms with Crippen LogP contribution >= 0.6 is 11.6 Å². The fourth-order valence-electron chi connectivity index (χ4n) is 2.72. The molecule has 2 aromatic carbocycles. The highest BCUT2D eigenvalue weighted by Crippen LogP contribution is 2.22. The minimum Gasteiger partial charge on any atom is -0.479 e. The number of anilines is 1. The fourth-order valence-corrected chi connectivity index (χ4v) is 2.90. The van der Waals surface area contributed by atoms with Crippen molar-refractivity contribution in [3.05, 3.63) is 58.1 Å². The molecule has 0 aliphatic carbocycles. The summed E-state index contributed by atoms with van der Waals surface area (Å²) in [7, 11) is 0. The van der Waals surface area contributed by atoms with E-state index in [1.807, 2.05) is 32.9 Å². The molecule has 2 atom stereocenters. The van der Waals surface area contributed by atoms with Crippen molar-refractivity contribution in [2.45, 2.75) is 46.8 Å². The molecule has 0 fully saturated rings. The van der Waals surface area contributed by atoms with Crippen molar-refractivity contribution in [3.8, 4) is 5.75 Å². The van der Waals surface area contributed by atoms with Gasteiger partial charge in [0.1, 0.15) is 5.75 Å². The van der Waals surface area contributed by atoms with Crippen molar-refractivity contribution in [2.75, 3.05) is 5.32 Å². The van der Waals surface area contributed by atoms with Crippen molar-refractivity contribution in [2.24, 2.45) is 0 Å². The second kappa shape index (κ2) is 8.91. The van der Waals surface area contributed by atoms with Crippen molar-refractivity contribution < 1.29 is 19.1 Å². The van der Waals surface area contributed by atoms with E-state index in [4.69, 9.17) is 21.1 Å². The third-order valence-corrected chi connectivity index (χ3v) is 4.26. The van der Waals surface area contributed by atoms with Crippen LogP contribution < -0.4 is 10.1 Å². The van der Waals surface area contributed by atoms with Gasteiger partial charge in [0.15, 0.2) is 12.2 Å². The van der Waals surface area contributed by atoms with Crippen LogP contribution in [0.1, 0.15) is 30.5 Å². The monoisotopic (exact) mass is 389 g/mol. The van der Waals surface area contributed by atoms with Crippen molar-refractivity contribution in [3.63, 3.8) is 0 Å². The Morgan fingerprint density at radius 2 is 1.63 bits per heavy atom. The third kappa shape index (κ3) is 5.73. The molecule has 27 heavy (non-hydrogen) atoms. The van der Waals surface area contributed by atoms with Crippen molar-refractivity contribution in [1.29, 1.82) is 0 Å². The number of ether oxygens (including phenoxy) is 2. The van der Waals surface area contributed by atoms with Crippen LogP contribution in [-0.4, -0.2) is 24.1 Å². The number of aryl methyl sites for hydroxylation is 3. The number of carbonyl (C=O) groups is 2. The van der Waals surface area contributed by atoms with Gasteiger partial charge in [-0.2, -0.15) is 0 Å². The zero-order chi connectivity index (χ0) is 20.1. The largest absolute Gasteiger partial charge is 0.479 e. The average Bonchev–Trinajstić information content (AvgIpc) is 2.57. The van der Waals surface area contributed by atoms with Gasteiger partial charge in [0.2, 0.25) is 0 Å². The van der Waals surface area contributed by atoms with Crippen LogP contribution in [0.15, 0.2) is 36.4 Å². The van der Waals surface area contributed by atoms with Crippen LogP contribution in [0.4, 0.5) is 5.69 Å². The molecule has 0 spiro atoms. The summed E-state index contributed by atoms with van der Waals surface area (Å²) in [5.41, 5.74) is 3.76. The molecule has 0 heterocycles. The number of rotatable bonds is 6. The van der Waals surface area contributed by atoms with E-state index >= 15 is 0 Å². The second-order valence-corrected chi connectivity index (χ2v) is 7.00. The van der Waals surface area contributed by atoms with E-state index in [1.54, 1.807) is 31.2 Å². The quantitative estimate of drug-likeness (QED) is 0.733. The molecule has 2 rings (SSSR count).